The molecule has 0 aliphatic carbocycles. The highest BCUT2D eigenvalue weighted by Gasteiger charge is 2.25. The summed E-state index contributed by atoms with van der Waals surface area (Å²) >= 11 is 0. The molecule has 1 aromatic rings. The summed E-state index contributed by atoms with van der Waals surface area (Å²) in [5.41, 5.74) is 2.47. The Balaban J connectivity index is 0.00000126. The highest BCUT2D eigenvalue weighted by molar-refractivity contribution is 5.38. The van der Waals surface area contributed by atoms with E-state index in [9.17, 15) is 0 Å². The average Bonchev–Trinajstić information content (AvgIpc) is 3.58. The molecule has 2 heterocycles. The van der Waals surface area contributed by atoms with Crippen molar-refractivity contribution >= 4 is 0 Å². The molecular weight excluding hydrogens is 340 g/mol. The molecular formula is C23H34O4. The van der Waals surface area contributed by atoms with Crippen molar-refractivity contribution in [2.45, 2.75) is 59.2 Å². The number of rotatable bonds is 9. The number of allylic oxidation sites excluding steroid dienone is 4. The largest absolute Gasteiger partial charge is 0.495 e. The third-order valence-electron chi connectivity index (χ3n) is 4.87. The van der Waals surface area contributed by atoms with Gasteiger partial charge in [0, 0.05) is 5.41 Å². The maximum atomic E-state index is 5.71. The Labute approximate surface area is 164 Å². The first-order valence-electron chi connectivity index (χ1n) is 9.90. The van der Waals surface area contributed by atoms with E-state index in [0.717, 1.165) is 24.7 Å². The van der Waals surface area contributed by atoms with E-state index in [4.69, 9.17) is 18.9 Å². The van der Waals surface area contributed by atoms with E-state index in [0.29, 0.717) is 13.2 Å². The monoisotopic (exact) mass is 374 g/mol. The lowest BCUT2D eigenvalue weighted by molar-refractivity contribution is 0.184. The third-order valence-corrected chi connectivity index (χ3v) is 4.87. The van der Waals surface area contributed by atoms with Crippen molar-refractivity contribution in [3.8, 4) is 5.75 Å². The Bertz CT molecular complexity index is 635. The number of ether oxygens (including phenoxy) is 4. The summed E-state index contributed by atoms with van der Waals surface area (Å²) in [7, 11) is 0. The van der Waals surface area contributed by atoms with Crippen LogP contribution in [0.2, 0.25) is 0 Å². The molecule has 2 aliphatic rings. The minimum Gasteiger partial charge on any atom is -0.495 e. The topological polar surface area (TPSA) is 43.5 Å². The maximum Gasteiger partial charge on any atom is 0.119 e. The van der Waals surface area contributed by atoms with E-state index < -0.39 is 0 Å². The van der Waals surface area contributed by atoms with E-state index in [1.54, 1.807) is 0 Å². The van der Waals surface area contributed by atoms with Gasteiger partial charge in [-0.1, -0.05) is 51.5 Å². The first kappa shape index (κ1) is 21.5. The van der Waals surface area contributed by atoms with Crippen LogP contribution in [0.25, 0.3) is 0 Å². The van der Waals surface area contributed by atoms with E-state index in [-0.39, 0.29) is 17.6 Å². The van der Waals surface area contributed by atoms with Crippen LogP contribution in [0.15, 0.2) is 47.7 Å². The molecule has 0 N–H and O–H groups in total. The predicted octanol–water partition coefficient (Wildman–Crippen LogP) is 5.03. The quantitative estimate of drug-likeness (QED) is 0.345. The van der Waals surface area contributed by atoms with E-state index in [1.165, 1.54) is 11.1 Å². The molecule has 1 aromatic carbocycles. The Morgan fingerprint density at radius 1 is 1.00 bits per heavy atom. The van der Waals surface area contributed by atoms with Gasteiger partial charge in [0.1, 0.15) is 31.2 Å². The van der Waals surface area contributed by atoms with Crippen molar-refractivity contribution in [3.05, 3.63) is 53.3 Å². The fourth-order valence-electron chi connectivity index (χ4n) is 2.44. The fourth-order valence-corrected chi connectivity index (χ4v) is 2.44. The van der Waals surface area contributed by atoms with Crippen LogP contribution in [0.5, 0.6) is 5.75 Å². The number of epoxide rings is 2. The van der Waals surface area contributed by atoms with Gasteiger partial charge >= 0.3 is 0 Å². The lowest BCUT2D eigenvalue weighted by Crippen LogP contribution is -2.18. The fraction of sp³-hybridized carbons (Fsp3) is 0.565. The lowest BCUT2D eigenvalue weighted by Gasteiger charge is -2.27. The molecule has 0 aromatic heterocycles. The summed E-state index contributed by atoms with van der Waals surface area (Å²) in [5.74, 6) is 1.81. The normalized spacial score (nSPS) is 21.9. The Kier molecular flexibility index (Phi) is 7.93. The molecule has 2 saturated heterocycles. The van der Waals surface area contributed by atoms with Gasteiger partial charge in [-0.2, -0.15) is 0 Å². The zero-order chi connectivity index (χ0) is 19.9. The molecule has 2 fully saturated rings. The van der Waals surface area contributed by atoms with Crippen LogP contribution < -0.4 is 4.74 Å². The van der Waals surface area contributed by atoms with Crippen LogP contribution in [-0.4, -0.2) is 38.6 Å². The van der Waals surface area contributed by atoms with Crippen LogP contribution >= 0.6 is 0 Å². The average molecular weight is 375 g/mol. The van der Waals surface area contributed by atoms with Gasteiger partial charge in [-0.25, -0.2) is 0 Å². The van der Waals surface area contributed by atoms with Crippen LogP contribution in [-0.2, 0) is 19.6 Å². The van der Waals surface area contributed by atoms with E-state index >= 15 is 0 Å². The zero-order valence-corrected chi connectivity index (χ0v) is 17.6. The van der Waals surface area contributed by atoms with Crippen LogP contribution in [0.4, 0.5) is 0 Å². The van der Waals surface area contributed by atoms with Gasteiger partial charge in [-0.15, -0.1) is 0 Å². The molecule has 0 radical (unpaired) electrons. The molecule has 2 aliphatic heterocycles. The van der Waals surface area contributed by atoms with Gasteiger partial charge in [-0.3, -0.25) is 0 Å². The first-order chi connectivity index (χ1) is 12.9. The van der Waals surface area contributed by atoms with Crippen molar-refractivity contribution in [3.63, 3.8) is 0 Å². The maximum absolute atomic E-state index is 5.71. The summed E-state index contributed by atoms with van der Waals surface area (Å²) in [5, 5.41) is 0. The van der Waals surface area contributed by atoms with Crippen molar-refractivity contribution in [2.75, 3.05) is 26.4 Å². The summed E-state index contributed by atoms with van der Waals surface area (Å²) < 4.78 is 21.7. The van der Waals surface area contributed by atoms with Crippen molar-refractivity contribution in [2.24, 2.45) is 0 Å². The molecule has 27 heavy (non-hydrogen) atoms. The molecule has 3 rings (SSSR count). The minimum atomic E-state index is -0.0610. The van der Waals surface area contributed by atoms with Crippen molar-refractivity contribution < 1.29 is 18.9 Å². The predicted molar refractivity (Wildman–Crippen MR) is 109 cm³/mol. The Hall–Kier alpha value is -1.78. The Morgan fingerprint density at radius 2 is 1.56 bits per heavy atom. The summed E-state index contributed by atoms with van der Waals surface area (Å²) in [6, 6.07) is 8.34. The second-order valence-electron chi connectivity index (χ2n) is 7.31. The van der Waals surface area contributed by atoms with Gasteiger partial charge in [0.25, 0.3) is 0 Å². The molecule has 150 valence electrons. The van der Waals surface area contributed by atoms with Crippen molar-refractivity contribution in [1.29, 1.82) is 0 Å². The number of hydrogen-bond acceptors (Lipinski definition) is 4. The summed E-state index contributed by atoms with van der Waals surface area (Å²) in [4.78, 5) is 0. The Morgan fingerprint density at radius 3 is 2.11 bits per heavy atom. The lowest BCUT2D eigenvalue weighted by atomic mass is 9.78. The number of benzene rings is 1. The van der Waals surface area contributed by atoms with Crippen LogP contribution in [0, 0.1) is 0 Å². The molecule has 4 heteroatoms. The molecule has 0 spiro atoms. The first-order valence-corrected chi connectivity index (χ1v) is 9.90. The molecule has 0 bridgehead atoms. The molecule has 0 saturated carbocycles. The highest BCUT2D eigenvalue weighted by atomic mass is 16.6. The van der Waals surface area contributed by atoms with Crippen LogP contribution in [0.3, 0.4) is 0 Å². The molecule has 2 unspecified atom stereocenters. The second-order valence-corrected chi connectivity index (χ2v) is 7.31. The van der Waals surface area contributed by atoms with Gasteiger partial charge in [0.2, 0.25) is 0 Å². The van der Waals surface area contributed by atoms with E-state index in [1.807, 2.05) is 39.0 Å². The van der Waals surface area contributed by atoms with Gasteiger partial charge in [-0.05, 0) is 37.6 Å². The van der Waals surface area contributed by atoms with Crippen molar-refractivity contribution in [1.82, 2.24) is 0 Å². The number of hydrogen-bond donors (Lipinski definition) is 0. The SMILES string of the molecule is C/C(=C\C=C(/C)C(C)(C)c1ccc(OCC2CO2)cc1)OCC1CO1.CC. The summed E-state index contributed by atoms with van der Waals surface area (Å²) in [6.07, 6.45) is 4.74. The highest BCUT2D eigenvalue weighted by Crippen LogP contribution is 2.32. The minimum absolute atomic E-state index is 0.0610. The van der Waals surface area contributed by atoms with Crippen LogP contribution in [0.1, 0.15) is 47.1 Å². The third kappa shape index (κ3) is 7.04. The van der Waals surface area contributed by atoms with Gasteiger partial charge in [0.15, 0.2) is 0 Å². The van der Waals surface area contributed by atoms with Gasteiger partial charge in [0.05, 0.1) is 19.0 Å². The summed E-state index contributed by atoms with van der Waals surface area (Å²) in [6.45, 7) is 15.5. The molecule has 4 nitrogen and oxygen atoms in total. The molecule has 2 atom stereocenters. The smallest absolute Gasteiger partial charge is 0.119 e. The molecule has 0 amide bonds. The van der Waals surface area contributed by atoms with Gasteiger partial charge < -0.3 is 18.9 Å². The van der Waals surface area contributed by atoms with E-state index in [2.05, 4.69) is 39.0 Å². The second kappa shape index (κ2) is 9.95. The standard InChI is InChI=1S/C21H28O4.C2H6/c1-15(5-6-16(2)22-11-19-13-24-19)21(3,4)17-7-9-18(10-8-17)23-12-20-14-25-20;1-2/h5-10,19-20H,11-14H2,1-4H3;1-2H3/b15-5+,16-6+;. The zero-order valence-electron chi connectivity index (χ0n) is 17.6.